The number of hydrogen-bond acceptors (Lipinski definition) is 2. The summed E-state index contributed by atoms with van der Waals surface area (Å²) in [5.41, 5.74) is 5.32. The first-order chi connectivity index (χ1) is 5.27. The molecule has 4 heteroatoms. The molecule has 74 valence electrons. The number of rotatable bonds is 6. The van der Waals surface area contributed by atoms with Gasteiger partial charge in [0.15, 0.2) is 0 Å². The van der Waals surface area contributed by atoms with Crippen molar-refractivity contribution in [2.75, 3.05) is 13.1 Å². The summed E-state index contributed by atoms with van der Waals surface area (Å²) in [5, 5.41) is 2.75. The van der Waals surface area contributed by atoms with Crippen molar-refractivity contribution in [3.8, 4) is 0 Å². The molecule has 0 bridgehead atoms. The van der Waals surface area contributed by atoms with Gasteiger partial charge in [0.05, 0.1) is 0 Å². The molecule has 0 rings (SSSR count). The molecule has 0 aromatic heterocycles. The summed E-state index contributed by atoms with van der Waals surface area (Å²) in [6.07, 6.45) is 4.51. The van der Waals surface area contributed by atoms with Gasteiger partial charge in [0, 0.05) is 13.5 Å². The number of hydrogen-bond donors (Lipinski definition) is 2. The van der Waals surface area contributed by atoms with Crippen molar-refractivity contribution >= 4 is 18.3 Å². The Balaban J connectivity index is 0. The summed E-state index contributed by atoms with van der Waals surface area (Å²) in [4.78, 5) is 10.4. The molecule has 3 N–H and O–H groups in total. The lowest BCUT2D eigenvalue weighted by molar-refractivity contribution is -0.118. The van der Waals surface area contributed by atoms with Crippen molar-refractivity contribution in [2.24, 2.45) is 5.73 Å². The number of carbonyl (C=O) groups is 1. The number of nitrogens with one attached hydrogen (secondary N) is 1. The fraction of sp³-hybridized carbons (Fsp3) is 0.875. The molecule has 0 radical (unpaired) electrons. The number of halogens is 1. The number of unbranched alkanes of at least 4 members (excludes halogenated alkanes) is 3. The van der Waals surface area contributed by atoms with Gasteiger partial charge in [0.2, 0.25) is 5.91 Å². The Morgan fingerprint density at radius 1 is 1.25 bits per heavy atom. The summed E-state index contributed by atoms with van der Waals surface area (Å²) >= 11 is 0. The smallest absolute Gasteiger partial charge is 0.216 e. The van der Waals surface area contributed by atoms with Gasteiger partial charge in [-0.15, -0.1) is 12.4 Å². The fourth-order valence-corrected chi connectivity index (χ4v) is 0.887. The average molecular weight is 195 g/mol. The van der Waals surface area contributed by atoms with E-state index in [1.54, 1.807) is 6.92 Å². The first kappa shape index (κ1) is 14.3. The molecule has 0 heterocycles. The minimum absolute atomic E-state index is 0. The molecule has 0 aliphatic heterocycles. The van der Waals surface area contributed by atoms with Crippen LogP contribution in [0.1, 0.15) is 32.6 Å². The highest BCUT2D eigenvalue weighted by atomic mass is 35.5. The molecular formula is C8H19ClN2O. The van der Waals surface area contributed by atoms with Crippen LogP contribution in [0.3, 0.4) is 0 Å². The summed E-state index contributed by atoms with van der Waals surface area (Å²) < 4.78 is 0. The molecule has 0 aliphatic carbocycles. The van der Waals surface area contributed by atoms with Crippen LogP contribution in [0, 0.1) is 0 Å². The lowest BCUT2D eigenvalue weighted by atomic mass is 10.2. The van der Waals surface area contributed by atoms with Crippen LogP contribution < -0.4 is 11.1 Å². The molecule has 0 spiro atoms. The fourth-order valence-electron chi connectivity index (χ4n) is 0.887. The number of carbonyl (C=O) groups excluding carboxylic acids is 1. The molecule has 0 aromatic carbocycles. The quantitative estimate of drug-likeness (QED) is 0.622. The first-order valence-corrected chi connectivity index (χ1v) is 4.22. The zero-order chi connectivity index (χ0) is 8.53. The maximum absolute atomic E-state index is 10.4. The Kier molecular flexibility index (Phi) is 12.7. The van der Waals surface area contributed by atoms with Gasteiger partial charge in [-0.3, -0.25) is 4.79 Å². The summed E-state index contributed by atoms with van der Waals surface area (Å²) in [6.45, 7) is 3.12. The van der Waals surface area contributed by atoms with E-state index in [1.807, 2.05) is 0 Å². The highest BCUT2D eigenvalue weighted by molar-refractivity contribution is 5.85. The third-order valence-corrected chi connectivity index (χ3v) is 1.50. The zero-order valence-corrected chi connectivity index (χ0v) is 8.45. The van der Waals surface area contributed by atoms with Crippen LogP contribution in [0.5, 0.6) is 0 Å². The molecule has 0 saturated carbocycles. The van der Waals surface area contributed by atoms with Gasteiger partial charge in [0.25, 0.3) is 0 Å². The molecule has 0 saturated heterocycles. The Morgan fingerprint density at radius 2 is 1.83 bits per heavy atom. The van der Waals surface area contributed by atoms with E-state index >= 15 is 0 Å². The third-order valence-electron chi connectivity index (χ3n) is 1.50. The maximum Gasteiger partial charge on any atom is 0.216 e. The second-order valence-corrected chi connectivity index (χ2v) is 2.69. The van der Waals surface area contributed by atoms with Gasteiger partial charge in [-0.05, 0) is 19.4 Å². The van der Waals surface area contributed by atoms with Gasteiger partial charge in [-0.2, -0.15) is 0 Å². The molecule has 0 fully saturated rings. The Hall–Kier alpha value is -0.280. The predicted molar refractivity (Wildman–Crippen MR) is 53.5 cm³/mol. The van der Waals surface area contributed by atoms with Crippen molar-refractivity contribution in [1.29, 1.82) is 0 Å². The number of nitrogens with two attached hydrogens (primary N) is 1. The second kappa shape index (κ2) is 10.7. The van der Waals surface area contributed by atoms with E-state index in [4.69, 9.17) is 5.73 Å². The summed E-state index contributed by atoms with van der Waals surface area (Å²) in [7, 11) is 0. The van der Waals surface area contributed by atoms with Gasteiger partial charge < -0.3 is 11.1 Å². The van der Waals surface area contributed by atoms with Crippen molar-refractivity contribution in [1.82, 2.24) is 5.32 Å². The lowest BCUT2D eigenvalue weighted by Gasteiger charge is -2.00. The molecule has 12 heavy (non-hydrogen) atoms. The van der Waals surface area contributed by atoms with Gasteiger partial charge in [-0.25, -0.2) is 0 Å². The van der Waals surface area contributed by atoms with Crippen LogP contribution in [-0.2, 0) is 4.79 Å². The van der Waals surface area contributed by atoms with Crippen LogP contribution >= 0.6 is 12.4 Å². The van der Waals surface area contributed by atoms with E-state index in [0.717, 1.165) is 32.4 Å². The lowest BCUT2D eigenvalue weighted by Crippen LogP contribution is -2.20. The Morgan fingerprint density at radius 3 is 2.33 bits per heavy atom. The SMILES string of the molecule is CC(=O)NCCCCCCN.Cl. The zero-order valence-electron chi connectivity index (χ0n) is 7.64. The Labute approximate surface area is 80.5 Å². The average Bonchev–Trinajstić information content (AvgIpc) is 1.96. The molecule has 0 atom stereocenters. The topological polar surface area (TPSA) is 55.1 Å². The van der Waals surface area contributed by atoms with Crippen LogP contribution in [0.2, 0.25) is 0 Å². The van der Waals surface area contributed by atoms with Crippen LogP contribution in [0.25, 0.3) is 0 Å². The van der Waals surface area contributed by atoms with Crippen molar-refractivity contribution in [2.45, 2.75) is 32.6 Å². The molecular weight excluding hydrogens is 176 g/mol. The first-order valence-electron chi connectivity index (χ1n) is 4.22. The normalized spacial score (nSPS) is 8.83. The van der Waals surface area contributed by atoms with Crippen LogP contribution in [0.15, 0.2) is 0 Å². The molecule has 3 nitrogen and oxygen atoms in total. The molecule has 1 amide bonds. The van der Waals surface area contributed by atoms with E-state index in [9.17, 15) is 4.79 Å². The van der Waals surface area contributed by atoms with Gasteiger partial charge in [0.1, 0.15) is 0 Å². The minimum Gasteiger partial charge on any atom is -0.356 e. The molecule has 0 aromatic rings. The van der Waals surface area contributed by atoms with Crippen molar-refractivity contribution in [3.63, 3.8) is 0 Å². The van der Waals surface area contributed by atoms with Gasteiger partial charge in [-0.1, -0.05) is 12.8 Å². The predicted octanol–water partition coefficient (Wildman–Crippen LogP) is 1.06. The number of amides is 1. The van der Waals surface area contributed by atoms with Gasteiger partial charge >= 0.3 is 0 Å². The molecule has 0 aliphatic rings. The van der Waals surface area contributed by atoms with E-state index in [2.05, 4.69) is 5.32 Å². The van der Waals surface area contributed by atoms with Crippen molar-refractivity contribution in [3.05, 3.63) is 0 Å². The third kappa shape index (κ3) is 12.4. The van der Waals surface area contributed by atoms with Crippen LogP contribution in [0.4, 0.5) is 0 Å². The minimum atomic E-state index is 0. The van der Waals surface area contributed by atoms with Crippen molar-refractivity contribution < 1.29 is 4.79 Å². The van der Waals surface area contributed by atoms with E-state index in [1.165, 1.54) is 6.42 Å². The van der Waals surface area contributed by atoms with E-state index in [-0.39, 0.29) is 18.3 Å². The van der Waals surface area contributed by atoms with E-state index in [0.29, 0.717) is 0 Å². The Bertz CT molecular complexity index is 109. The monoisotopic (exact) mass is 194 g/mol. The largest absolute Gasteiger partial charge is 0.356 e. The second-order valence-electron chi connectivity index (χ2n) is 2.69. The maximum atomic E-state index is 10.4. The summed E-state index contributed by atoms with van der Waals surface area (Å²) in [6, 6.07) is 0. The highest BCUT2D eigenvalue weighted by Gasteiger charge is 1.90. The summed E-state index contributed by atoms with van der Waals surface area (Å²) in [5.74, 6) is 0.0591. The standard InChI is InChI=1S/C8H18N2O.ClH/c1-8(11)10-7-5-3-2-4-6-9;/h2-7,9H2,1H3,(H,10,11);1H. The van der Waals surface area contributed by atoms with E-state index < -0.39 is 0 Å². The highest BCUT2D eigenvalue weighted by Crippen LogP contribution is 1.96. The molecule has 0 unspecified atom stereocenters. The van der Waals surface area contributed by atoms with Crippen LogP contribution in [-0.4, -0.2) is 19.0 Å².